The molecule has 1 heterocycles. The van der Waals surface area contributed by atoms with Crippen molar-refractivity contribution < 1.29 is 13.2 Å². The predicted molar refractivity (Wildman–Crippen MR) is 77.7 cm³/mol. The van der Waals surface area contributed by atoms with Gasteiger partial charge in [0.2, 0.25) is 21.9 Å². The van der Waals surface area contributed by atoms with Crippen molar-refractivity contribution in [1.29, 1.82) is 0 Å². The maximum absolute atomic E-state index is 11.0. The summed E-state index contributed by atoms with van der Waals surface area (Å²) in [6.07, 6.45) is 0. The van der Waals surface area contributed by atoms with Gasteiger partial charge in [0.05, 0.1) is 11.4 Å². The van der Waals surface area contributed by atoms with E-state index in [0.717, 1.165) is 0 Å². The smallest absolute Gasteiger partial charge is 0.224 e. The standard InChI is InChI=1S/C12H15N5O3S/c13-6-9-5-11(17-12(14)16-9)20-10-3-1-8(2-4-10)7-21(15,18)19/h1-5H,6-7,13H2,(H2,14,16,17)(H2,15,18,19). The fourth-order valence-corrected chi connectivity index (χ4v) is 2.31. The molecule has 9 heteroatoms. The molecule has 0 unspecified atom stereocenters. The summed E-state index contributed by atoms with van der Waals surface area (Å²) in [7, 11) is -3.56. The van der Waals surface area contributed by atoms with Crippen LogP contribution < -0.4 is 21.3 Å². The highest BCUT2D eigenvalue weighted by atomic mass is 32.2. The van der Waals surface area contributed by atoms with Crippen molar-refractivity contribution in [2.24, 2.45) is 10.9 Å². The Morgan fingerprint density at radius 2 is 1.81 bits per heavy atom. The molecule has 0 atom stereocenters. The molecule has 0 bridgehead atoms. The van der Waals surface area contributed by atoms with Gasteiger partial charge < -0.3 is 16.2 Å². The molecule has 0 radical (unpaired) electrons. The van der Waals surface area contributed by atoms with Gasteiger partial charge in [-0.25, -0.2) is 18.5 Å². The summed E-state index contributed by atoms with van der Waals surface area (Å²) < 4.78 is 27.5. The summed E-state index contributed by atoms with van der Waals surface area (Å²) in [6, 6.07) is 8.01. The summed E-state index contributed by atoms with van der Waals surface area (Å²) in [5.74, 6) is 0.584. The summed E-state index contributed by atoms with van der Waals surface area (Å²) in [4.78, 5) is 7.86. The van der Waals surface area contributed by atoms with E-state index >= 15 is 0 Å². The van der Waals surface area contributed by atoms with Crippen LogP contribution in [0.5, 0.6) is 11.6 Å². The van der Waals surface area contributed by atoms with Crippen LogP contribution >= 0.6 is 0 Å². The van der Waals surface area contributed by atoms with Crippen molar-refractivity contribution in [3.05, 3.63) is 41.6 Å². The lowest BCUT2D eigenvalue weighted by Crippen LogP contribution is -2.14. The van der Waals surface area contributed by atoms with Crippen molar-refractivity contribution >= 4 is 16.0 Å². The minimum Gasteiger partial charge on any atom is -0.439 e. The molecule has 0 spiro atoms. The molecule has 0 saturated heterocycles. The van der Waals surface area contributed by atoms with E-state index < -0.39 is 10.0 Å². The van der Waals surface area contributed by atoms with Crippen LogP contribution in [0.25, 0.3) is 0 Å². The van der Waals surface area contributed by atoms with Crippen molar-refractivity contribution in [2.75, 3.05) is 5.73 Å². The second-order valence-corrected chi connectivity index (χ2v) is 5.93. The maximum Gasteiger partial charge on any atom is 0.224 e. The van der Waals surface area contributed by atoms with Crippen LogP contribution in [0, 0.1) is 0 Å². The van der Waals surface area contributed by atoms with Crippen molar-refractivity contribution in [1.82, 2.24) is 9.97 Å². The molecule has 0 amide bonds. The van der Waals surface area contributed by atoms with Crippen LogP contribution in [0.1, 0.15) is 11.3 Å². The number of nitrogen functional groups attached to an aromatic ring is 1. The molecular formula is C12H15N5O3S. The second kappa shape index (κ2) is 6.04. The van der Waals surface area contributed by atoms with Crippen LogP contribution in [0.2, 0.25) is 0 Å². The number of benzene rings is 1. The van der Waals surface area contributed by atoms with E-state index in [9.17, 15) is 8.42 Å². The van der Waals surface area contributed by atoms with E-state index in [1.54, 1.807) is 30.3 Å². The Morgan fingerprint density at radius 1 is 1.14 bits per heavy atom. The third kappa shape index (κ3) is 4.67. The average molecular weight is 309 g/mol. The van der Waals surface area contributed by atoms with Gasteiger partial charge in [-0.3, -0.25) is 0 Å². The van der Waals surface area contributed by atoms with E-state index in [1.165, 1.54) is 0 Å². The number of hydrogen-bond donors (Lipinski definition) is 3. The third-order valence-corrected chi connectivity index (χ3v) is 3.23. The first kappa shape index (κ1) is 15.2. The van der Waals surface area contributed by atoms with Gasteiger partial charge in [0, 0.05) is 12.6 Å². The van der Waals surface area contributed by atoms with Gasteiger partial charge in [-0.05, 0) is 17.7 Å². The molecule has 0 aliphatic carbocycles. The van der Waals surface area contributed by atoms with Gasteiger partial charge in [0.1, 0.15) is 5.75 Å². The van der Waals surface area contributed by atoms with Crippen LogP contribution in [0.4, 0.5) is 5.95 Å². The van der Waals surface area contributed by atoms with Gasteiger partial charge in [-0.1, -0.05) is 12.1 Å². The zero-order valence-corrected chi connectivity index (χ0v) is 11.9. The van der Waals surface area contributed by atoms with Crippen LogP contribution in [0.15, 0.2) is 30.3 Å². The van der Waals surface area contributed by atoms with Crippen LogP contribution in [0.3, 0.4) is 0 Å². The summed E-state index contributed by atoms with van der Waals surface area (Å²) in [5, 5.41) is 4.98. The number of ether oxygens (including phenoxy) is 1. The molecule has 6 N–H and O–H groups in total. The predicted octanol–water partition coefficient (Wildman–Crippen LogP) is 0.0983. The molecule has 0 fully saturated rings. The minimum absolute atomic E-state index is 0.0683. The lowest BCUT2D eigenvalue weighted by atomic mass is 10.2. The zero-order valence-electron chi connectivity index (χ0n) is 11.1. The zero-order chi connectivity index (χ0) is 15.5. The Kier molecular flexibility index (Phi) is 4.36. The number of nitrogens with two attached hydrogens (primary N) is 3. The monoisotopic (exact) mass is 309 g/mol. The Balaban J connectivity index is 2.15. The van der Waals surface area contributed by atoms with Gasteiger partial charge in [-0.15, -0.1) is 0 Å². The first-order chi connectivity index (χ1) is 9.85. The number of sulfonamides is 1. The Hall–Kier alpha value is -2.23. The lowest BCUT2D eigenvalue weighted by molar-refractivity contribution is 0.461. The quantitative estimate of drug-likeness (QED) is 0.709. The molecule has 2 rings (SSSR count). The number of rotatable bonds is 5. The number of anilines is 1. The summed E-state index contributed by atoms with van der Waals surface area (Å²) in [6.45, 7) is 0.219. The highest BCUT2D eigenvalue weighted by Crippen LogP contribution is 2.21. The molecular weight excluding hydrogens is 294 g/mol. The number of hydrogen-bond acceptors (Lipinski definition) is 7. The van der Waals surface area contributed by atoms with Gasteiger partial charge in [-0.2, -0.15) is 4.98 Å². The van der Waals surface area contributed by atoms with Crippen molar-refractivity contribution in [2.45, 2.75) is 12.3 Å². The second-order valence-electron chi connectivity index (χ2n) is 4.31. The first-order valence-electron chi connectivity index (χ1n) is 5.96. The fraction of sp³-hybridized carbons (Fsp3) is 0.167. The molecule has 112 valence electrons. The van der Waals surface area contributed by atoms with Crippen LogP contribution in [-0.4, -0.2) is 18.4 Å². The highest BCUT2D eigenvalue weighted by Gasteiger charge is 2.07. The molecule has 1 aromatic heterocycles. The molecule has 21 heavy (non-hydrogen) atoms. The van der Waals surface area contributed by atoms with E-state index in [1.807, 2.05) is 0 Å². The van der Waals surface area contributed by atoms with Gasteiger partial charge >= 0.3 is 0 Å². The van der Waals surface area contributed by atoms with E-state index in [-0.39, 0.29) is 24.1 Å². The SMILES string of the molecule is NCc1cc(Oc2ccc(CS(N)(=O)=O)cc2)nc(N)n1. The Morgan fingerprint density at radius 3 is 2.38 bits per heavy atom. The van der Waals surface area contributed by atoms with Gasteiger partial charge in [0.25, 0.3) is 0 Å². The lowest BCUT2D eigenvalue weighted by Gasteiger charge is -2.07. The summed E-state index contributed by atoms with van der Waals surface area (Å²) >= 11 is 0. The Bertz CT molecular complexity index is 731. The largest absolute Gasteiger partial charge is 0.439 e. The highest BCUT2D eigenvalue weighted by molar-refractivity contribution is 7.88. The first-order valence-corrected chi connectivity index (χ1v) is 7.68. The molecule has 2 aromatic rings. The molecule has 1 aromatic carbocycles. The third-order valence-electron chi connectivity index (χ3n) is 2.50. The molecule has 8 nitrogen and oxygen atoms in total. The molecule has 0 aliphatic heterocycles. The van der Waals surface area contributed by atoms with Crippen molar-refractivity contribution in [3.63, 3.8) is 0 Å². The summed E-state index contributed by atoms with van der Waals surface area (Å²) in [5.41, 5.74) is 12.2. The normalized spacial score (nSPS) is 11.3. The number of nitrogens with zero attached hydrogens (tertiary/aromatic N) is 2. The number of primary sulfonamides is 1. The topological polar surface area (TPSA) is 147 Å². The van der Waals surface area contributed by atoms with E-state index in [0.29, 0.717) is 17.0 Å². The maximum atomic E-state index is 11.0. The van der Waals surface area contributed by atoms with E-state index in [2.05, 4.69) is 9.97 Å². The van der Waals surface area contributed by atoms with E-state index in [4.69, 9.17) is 21.3 Å². The van der Waals surface area contributed by atoms with Crippen LogP contribution in [-0.2, 0) is 22.3 Å². The minimum atomic E-state index is -3.56. The van der Waals surface area contributed by atoms with Gasteiger partial charge in [0.15, 0.2) is 0 Å². The average Bonchev–Trinajstić information content (AvgIpc) is 2.38. The fourth-order valence-electron chi connectivity index (χ4n) is 1.66. The molecule has 0 saturated carbocycles. The van der Waals surface area contributed by atoms with Crippen molar-refractivity contribution in [3.8, 4) is 11.6 Å². The number of aromatic nitrogens is 2. The molecule has 0 aliphatic rings. The Labute approximate surface area is 122 Å².